The van der Waals surface area contributed by atoms with Gasteiger partial charge in [-0.1, -0.05) is 40.6 Å². The quantitative estimate of drug-likeness (QED) is 0.277. The number of carbonyl (C=O) groups is 1. The number of hydrogen-bond donors (Lipinski definition) is 0. The maximum absolute atomic E-state index is 13.7. The van der Waals surface area contributed by atoms with E-state index in [1.165, 1.54) is 0 Å². The average Bonchev–Trinajstić information content (AvgIpc) is 2.37. The zero-order valence-electron chi connectivity index (χ0n) is 10.6. The molecule has 0 N–H and O–H groups in total. The van der Waals surface area contributed by atoms with Crippen LogP contribution in [0.15, 0.2) is 18.2 Å². The number of hydrogen-bond acceptors (Lipinski definition) is 1. The fourth-order valence-electron chi connectivity index (χ4n) is 1.91. The van der Waals surface area contributed by atoms with Crippen molar-refractivity contribution in [2.75, 3.05) is 6.54 Å². The van der Waals surface area contributed by atoms with E-state index >= 15 is 0 Å². The Kier molecular flexibility index (Phi) is 7.26. The normalized spacial score (nSPS) is 18.6. The standard InChI is InChI=1S/C13H9F4INO.Y/c14-7-2-1-3-8(15)12(7)10-5-4-9(18)13(20)19(10)6-11(16)17;/h1-3,9,11H,4,6H2;/q-1;. The number of rotatable bonds is 3. The van der Waals surface area contributed by atoms with Crippen LogP contribution in [0.25, 0.3) is 5.70 Å². The predicted octanol–water partition coefficient (Wildman–Crippen LogP) is 3.41. The molecule has 1 amide bonds. The molecule has 2 nitrogen and oxygen atoms in total. The van der Waals surface area contributed by atoms with E-state index in [0.29, 0.717) is 4.90 Å². The summed E-state index contributed by atoms with van der Waals surface area (Å²) in [6.45, 7) is -0.908. The number of alkyl halides is 3. The van der Waals surface area contributed by atoms with Crippen LogP contribution < -0.4 is 0 Å². The Morgan fingerprint density at radius 1 is 1.33 bits per heavy atom. The Bertz CT molecular complexity index is 547. The molecule has 1 unspecified atom stereocenters. The van der Waals surface area contributed by atoms with Gasteiger partial charge in [0.1, 0.15) is 0 Å². The molecule has 0 saturated heterocycles. The molecule has 1 atom stereocenters. The Morgan fingerprint density at radius 2 is 1.90 bits per heavy atom. The van der Waals surface area contributed by atoms with Crippen LogP contribution in [0.3, 0.4) is 0 Å². The number of amides is 1. The topological polar surface area (TPSA) is 20.3 Å². The summed E-state index contributed by atoms with van der Waals surface area (Å²) < 4.78 is 52.1. The third-order valence-corrected chi connectivity index (χ3v) is 3.75. The van der Waals surface area contributed by atoms with Crippen molar-refractivity contribution in [2.45, 2.75) is 16.8 Å². The third-order valence-electron chi connectivity index (χ3n) is 2.77. The van der Waals surface area contributed by atoms with Gasteiger partial charge in [0.2, 0.25) is 5.91 Å². The van der Waals surface area contributed by atoms with Crippen LogP contribution in [0.4, 0.5) is 17.6 Å². The van der Waals surface area contributed by atoms with Crippen molar-refractivity contribution < 1.29 is 55.1 Å². The van der Waals surface area contributed by atoms with Crippen LogP contribution >= 0.6 is 22.6 Å². The van der Waals surface area contributed by atoms with Crippen molar-refractivity contribution in [3.63, 3.8) is 0 Å². The molecule has 1 aliphatic rings. The van der Waals surface area contributed by atoms with Crippen LogP contribution in [0.5, 0.6) is 0 Å². The van der Waals surface area contributed by atoms with Gasteiger partial charge >= 0.3 is 0 Å². The molecular formula is C13H9F4INOY-. The molecule has 0 bridgehead atoms. The third kappa shape index (κ3) is 4.25. The van der Waals surface area contributed by atoms with Gasteiger partial charge in [-0.05, 0) is 12.1 Å². The second kappa shape index (κ2) is 8.01. The van der Waals surface area contributed by atoms with E-state index in [1.807, 2.05) is 0 Å². The Hall–Kier alpha value is -0.0161. The van der Waals surface area contributed by atoms with Crippen molar-refractivity contribution in [3.05, 3.63) is 41.5 Å². The second-order valence-corrected chi connectivity index (χ2v) is 5.64. The van der Waals surface area contributed by atoms with Crippen LogP contribution in [0.2, 0.25) is 0 Å². The van der Waals surface area contributed by atoms with Gasteiger partial charge < -0.3 is 4.90 Å². The molecule has 8 heteroatoms. The molecule has 111 valence electrons. The molecule has 1 heterocycles. The minimum absolute atomic E-state index is 0. The number of halogens is 5. The molecular weight excluding hydrogens is 478 g/mol. The molecule has 2 rings (SSSR count). The smallest absolute Gasteiger partial charge is 0.256 e. The van der Waals surface area contributed by atoms with Crippen LogP contribution in [-0.4, -0.2) is 27.7 Å². The summed E-state index contributed by atoms with van der Waals surface area (Å²) in [6, 6.07) is 3.18. The molecule has 0 fully saturated rings. The van der Waals surface area contributed by atoms with Crippen molar-refractivity contribution in [3.8, 4) is 0 Å². The summed E-state index contributed by atoms with van der Waals surface area (Å²) in [5.74, 6) is -2.42. The van der Waals surface area contributed by atoms with E-state index in [0.717, 1.165) is 18.2 Å². The van der Waals surface area contributed by atoms with Crippen molar-refractivity contribution >= 4 is 34.2 Å². The molecule has 1 aromatic carbocycles. The minimum Gasteiger partial charge on any atom is -0.341 e. The number of carbonyl (C=O) groups excluding carboxylic acids is 1. The van der Waals surface area contributed by atoms with Crippen LogP contribution in [-0.2, 0) is 37.5 Å². The van der Waals surface area contributed by atoms with Gasteiger partial charge in [-0.2, -0.15) is 0 Å². The molecule has 1 aliphatic heterocycles. The fourth-order valence-corrected chi connectivity index (χ4v) is 2.47. The van der Waals surface area contributed by atoms with Gasteiger partial charge in [0.05, 0.1) is 22.1 Å². The first-order valence-electron chi connectivity index (χ1n) is 5.70. The van der Waals surface area contributed by atoms with Crippen molar-refractivity contribution in [1.82, 2.24) is 4.90 Å². The van der Waals surface area contributed by atoms with Gasteiger partial charge in [-0.15, -0.1) is 5.70 Å². The van der Waals surface area contributed by atoms with Gasteiger partial charge in [0, 0.05) is 32.7 Å². The number of nitrogens with zero attached hydrogens (tertiary/aromatic N) is 1. The second-order valence-electron chi connectivity index (χ2n) is 4.13. The summed E-state index contributed by atoms with van der Waals surface area (Å²) >= 11 is 1.79. The molecule has 21 heavy (non-hydrogen) atoms. The van der Waals surface area contributed by atoms with E-state index < -0.39 is 40.0 Å². The van der Waals surface area contributed by atoms with Crippen LogP contribution in [0, 0.1) is 17.7 Å². The van der Waals surface area contributed by atoms with E-state index in [2.05, 4.69) is 6.08 Å². The molecule has 0 aliphatic carbocycles. The zero-order valence-corrected chi connectivity index (χ0v) is 15.6. The van der Waals surface area contributed by atoms with Crippen molar-refractivity contribution in [1.29, 1.82) is 0 Å². The zero-order chi connectivity index (χ0) is 14.9. The number of allylic oxidation sites excluding steroid dienone is 1. The summed E-state index contributed by atoms with van der Waals surface area (Å²) in [7, 11) is 0. The molecule has 1 aromatic rings. The molecule has 0 saturated carbocycles. The van der Waals surface area contributed by atoms with E-state index in [4.69, 9.17) is 0 Å². The fraction of sp³-hybridized carbons (Fsp3) is 0.308. The molecule has 0 spiro atoms. The number of benzene rings is 1. The van der Waals surface area contributed by atoms with Crippen LogP contribution in [0.1, 0.15) is 12.0 Å². The van der Waals surface area contributed by atoms with Gasteiger partial charge in [-0.25, -0.2) is 23.6 Å². The van der Waals surface area contributed by atoms with Gasteiger partial charge in [-0.3, -0.25) is 4.79 Å². The average molecular weight is 487 g/mol. The van der Waals surface area contributed by atoms with Gasteiger partial charge in [0.15, 0.2) is 0 Å². The summed E-state index contributed by atoms with van der Waals surface area (Å²) in [4.78, 5) is 12.6. The minimum atomic E-state index is -2.80. The van der Waals surface area contributed by atoms with Crippen molar-refractivity contribution in [2.24, 2.45) is 0 Å². The first kappa shape index (κ1) is 19.0. The van der Waals surface area contributed by atoms with E-state index in [-0.39, 0.29) is 44.8 Å². The molecule has 1 radical (unpaired) electrons. The monoisotopic (exact) mass is 487 g/mol. The summed E-state index contributed by atoms with van der Waals surface area (Å²) in [6.07, 6.45) is -0.0180. The van der Waals surface area contributed by atoms with E-state index in [1.54, 1.807) is 22.6 Å². The van der Waals surface area contributed by atoms with Gasteiger partial charge in [0.25, 0.3) is 6.43 Å². The predicted molar refractivity (Wildman–Crippen MR) is 73.2 cm³/mol. The Labute approximate surface area is 158 Å². The Balaban J connectivity index is 0.00000220. The van der Waals surface area contributed by atoms with E-state index in [9.17, 15) is 22.4 Å². The molecule has 0 aromatic heterocycles. The summed E-state index contributed by atoms with van der Waals surface area (Å²) in [5, 5.41) is 0. The Morgan fingerprint density at radius 3 is 2.43 bits per heavy atom. The maximum atomic E-state index is 13.7. The SMILES string of the molecule is O=C1C(I)C[C-]=C(c2c(F)cccc2F)N1CC(F)F.[Y]. The first-order chi connectivity index (χ1) is 9.41. The largest absolute Gasteiger partial charge is 0.341 e. The summed E-state index contributed by atoms with van der Waals surface area (Å²) in [5.41, 5.74) is -0.747. The first-order valence-corrected chi connectivity index (χ1v) is 6.95. The maximum Gasteiger partial charge on any atom is 0.256 e.